The molecule has 0 fully saturated rings. The first-order chi connectivity index (χ1) is 3.86. The Hall–Kier alpha value is -0.300. The van der Waals surface area contributed by atoms with Crippen molar-refractivity contribution in [3.8, 4) is 0 Å². The molecule has 0 unspecified atom stereocenters. The summed E-state index contributed by atoms with van der Waals surface area (Å²) in [6.45, 7) is 0. The van der Waals surface area contributed by atoms with E-state index in [1.807, 2.05) is 0 Å². The lowest BCUT2D eigenvalue weighted by molar-refractivity contribution is 0.187. The molecule has 0 spiro atoms. The standard InChI is InChI=1S/C7H10O/c8-7-3-5-1-2-6(5)4-7/h7-8H,1-4H2. The van der Waals surface area contributed by atoms with Gasteiger partial charge in [-0.3, -0.25) is 0 Å². The summed E-state index contributed by atoms with van der Waals surface area (Å²) in [6.07, 6.45) is 4.49. The van der Waals surface area contributed by atoms with Crippen LogP contribution in [0.3, 0.4) is 0 Å². The predicted octanol–water partition coefficient (Wildman–Crippen LogP) is 1.23. The first kappa shape index (κ1) is 4.57. The second-order valence-electron chi connectivity index (χ2n) is 2.77. The molecule has 1 nitrogen and oxygen atoms in total. The van der Waals surface area contributed by atoms with Gasteiger partial charge in [0.25, 0.3) is 0 Å². The van der Waals surface area contributed by atoms with Crippen LogP contribution in [0.2, 0.25) is 0 Å². The van der Waals surface area contributed by atoms with Crippen molar-refractivity contribution in [2.24, 2.45) is 0 Å². The van der Waals surface area contributed by atoms with Crippen molar-refractivity contribution in [1.29, 1.82) is 0 Å². The van der Waals surface area contributed by atoms with E-state index in [2.05, 4.69) is 0 Å². The Kier molecular flexibility index (Phi) is 0.770. The predicted molar refractivity (Wildman–Crippen MR) is 31.5 cm³/mol. The molecule has 44 valence electrons. The fraction of sp³-hybridized carbons (Fsp3) is 0.714. The summed E-state index contributed by atoms with van der Waals surface area (Å²) in [5.74, 6) is 0. The van der Waals surface area contributed by atoms with Gasteiger partial charge in [-0.05, 0) is 25.7 Å². The van der Waals surface area contributed by atoms with Gasteiger partial charge in [-0.2, -0.15) is 0 Å². The largest absolute Gasteiger partial charge is 0.392 e. The third-order valence-corrected chi connectivity index (χ3v) is 2.19. The first-order valence-electron chi connectivity index (χ1n) is 3.24. The van der Waals surface area contributed by atoms with Gasteiger partial charge in [0.05, 0.1) is 6.10 Å². The lowest BCUT2D eigenvalue weighted by Gasteiger charge is -2.14. The minimum atomic E-state index is -0.0116. The molecular formula is C7H10O. The Labute approximate surface area is 49.0 Å². The molecule has 0 aromatic rings. The second-order valence-corrected chi connectivity index (χ2v) is 2.77. The minimum Gasteiger partial charge on any atom is -0.392 e. The summed E-state index contributed by atoms with van der Waals surface area (Å²) in [5, 5.41) is 9.07. The highest BCUT2D eigenvalue weighted by Gasteiger charge is 2.27. The van der Waals surface area contributed by atoms with Gasteiger partial charge in [0.1, 0.15) is 0 Å². The van der Waals surface area contributed by atoms with E-state index < -0.39 is 0 Å². The molecule has 0 saturated heterocycles. The average Bonchev–Trinajstić information content (AvgIpc) is 1.91. The topological polar surface area (TPSA) is 20.2 Å². The van der Waals surface area contributed by atoms with Gasteiger partial charge >= 0.3 is 0 Å². The van der Waals surface area contributed by atoms with Gasteiger partial charge in [0.2, 0.25) is 0 Å². The lowest BCUT2D eigenvalue weighted by atomic mass is 9.92. The molecule has 0 aromatic heterocycles. The van der Waals surface area contributed by atoms with Crippen LogP contribution in [0.4, 0.5) is 0 Å². The molecule has 0 aliphatic heterocycles. The van der Waals surface area contributed by atoms with Gasteiger partial charge in [0.15, 0.2) is 0 Å². The minimum absolute atomic E-state index is 0.0116. The lowest BCUT2D eigenvalue weighted by Crippen LogP contribution is -1.97. The smallest absolute Gasteiger partial charge is 0.0614 e. The van der Waals surface area contributed by atoms with Crippen LogP contribution in [0, 0.1) is 0 Å². The van der Waals surface area contributed by atoms with E-state index in [0.29, 0.717) is 0 Å². The Balaban J connectivity index is 2.17. The third-order valence-electron chi connectivity index (χ3n) is 2.19. The zero-order valence-corrected chi connectivity index (χ0v) is 4.85. The molecule has 2 aliphatic rings. The summed E-state index contributed by atoms with van der Waals surface area (Å²) in [7, 11) is 0. The fourth-order valence-corrected chi connectivity index (χ4v) is 1.61. The van der Waals surface area contributed by atoms with E-state index in [0.717, 1.165) is 12.8 Å². The maximum Gasteiger partial charge on any atom is 0.0614 e. The van der Waals surface area contributed by atoms with Crippen LogP contribution in [0.5, 0.6) is 0 Å². The fourth-order valence-electron chi connectivity index (χ4n) is 1.61. The van der Waals surface area contributed by atoms with Crippen molar-refractivity contribution in [3.05, 3.63) is 11.1 Å². The van der Waals surface area contributed by atoms with Crippen LogP contribution < -0.4 is 0 Å². The maximum atomic E-state index is 9.07. The molecule has 1 heteroatoms. The van der Waals surface area contributed by atoms with E-state index in [9.17, 15) is 0 Å². The van der Waals surface area contributed by atoms with E-state index in [-0.39, 0.29) is 6.10 Å². The summed E-state index contributed by atoms with van der Waals surface area (Å²) >= 11 is 0. The van der Waals surface area contributed by atoms with Crippen LogP contribution in [0.15, 0.2) is 11.1 Å². The van der Waals surface area contributed by atoms with E-state index in [1.165, 1.54) is 12.8 Å². The zero-order chi connectivity index (χ0) is 5.56. The maximum absolute atomic E-state index is 9.07. The SMILES string of the molecule is OC1CC2=C(CC2)C1. The molecule has 0 heterocycles. The van der Waals surface area contributed by atoms with Gasteiger partial charge in [0, 0.05) is 0 Å². The third kappa shape index (κ3) is 0.451. The van der Waals surface area contributed by atoms with Gasteiger partial charge in [-0.1, -0.05) is 11.1 Å². The number of hydrogen-bond acceptors (Lipinski definition) is 1. The molecule has 2 aliphatic carbocycles. The van der Waals surface area contributed by atoms with Crippen molar-refractivity contribution in [2.75, 3.05) is 0 Å². The molecule has 0 atom stereocenters. The van der Waals surface area contributed by atoms with Crippen molar-refractivity contribution >= 4 is 0 Å². The Bertz CT molecular complexity index is 130. The number of aliphatic hydroxyl groups excluding tert-OH is 1. The molecule has 0 aromatic carbocycles. The highest BCUT2D eigenvalue weighted by Crippen LogP contribution is 2.40. The van der Waals surface area contributed by atoms with E-state index in [1.54, 1.807) is 11.1 Å². The number of rotatable bonds is 0. The number of hydrogen-bond donors (Lipinski definition) is 1. The van der Waals surface area contributed by atoms with Crippen molar-refractivity contribution in [1.82, 2.24) is 0 Å². The number of aliphatic hydroxyl groups is 1. The second kappa shape index (κ2) is 1.35. The van der Waals surface area contributed by atoms with Gasteiger partial charge < -0.3 is 5.11 Å². The van der Waals surface area contributed by atoms with Crippen molar-refractivity contribution in [3.63, 3.8) is 0 Å². The molecule has 0 bridgehead atoms. The summed E-state index contributed by atoms with van der Waals surface area (Å²) in [5.41, 5.74) is 3.11. The highest BCUT2D eigenvalue weighted by atomic mass is 16.3. The molecule has 1 N–H and O–H groups in total. The normalized spacial score (nSPS) is 28.1. The van der Waals surface area contributed by atoms with Crippen LogP contribution in [0.25, 0.3) is 0 Å². The summed E-state index contributed by atoms with van der Waals surface area (Å²) in [6, 6.07) is 0. The van der Waals surface area contributed by atoms with Crippen molar-refractivity contribution < 1.29 is 5.11 Å². The summed E-state index contributed by atoms with van der Waals surface area (Å²) in [4.78, 5) is 0. The Morgan fingerprint density at radius 1 is 1.12 bits per heavy atom. The van der Waals surface area contributed by atoms with Crippen LogP contribution in [0.1, 0.15) is 25.7 Å². The van der Waals surface area contributed by atoms with E-state index in [4.69, 9.17) is 5.11 Å². The van der Waals surface area contributed by atoms with Crippen LogP contribution >= 0.6 is 0 Å². The average molecular weight is 110 g/mol. The molecule has 0 radical (unpaired) electrons. The van der Waals surface area contributed by atoms with Gasteiger partial charge in [-0.25, -0.2) is 0 Å². The monoisotopic (exact) mass is 110 g/mol. The quantitative estimate of drug-likeness (QED) is 0.465. The Morgan fingerprint density at radius 3 is 1.88 bits per heavy atom. The van der Waals surface area contributed by atoms with Crippen LogP contribution in [-0.4, -0.2) is 11.2 Å². The molecule has 0 saturated carbocycles. The zero-order valence-electron chi connectivity index (χ0n) is 4.85. The van der Waals surface area contributed by atoms with Crippen molar-refractivity contribution in [2.45, 2.75) is 31.8 Å². The molecule has 8 heavy (non-hydrogen) atoms. The van der Waals surface area contributed by atoms with E-state index >= 15 is 0 Å². The molecule has 2 rings (SSSR count). The van der Waals surface area contributed by atoms with Crippen LogP contribution in [-0.2, 0) is 0 Å². The molecular weight excluding hydrogens is 100 g/mol. The highest BCUT2D eigenvalue weighted by molar-refractivity contribution is 5.30. The summed E-state index contributed by atoms with van der Waals surface area (Å²) < 4.78 is 0. The molecule has 0 amide bonds. The first-order valence-corrected chi connectivity index (χ1v) is 3.24. The van der Waals surface area contributed by atoms with Gasteiger partial charge in [-0.15, -0.1) is 0 Å². The Morgan fingerprint density at radius 2 is 1.62 bits per heavy atom.